The highest BCUT2D eigenvalue weighted by Gasteiger charge is 2.37. The first kappa shape index (κ1) is 11.7. The van der Waals surface area contributed by atoms with Gasteiger partial charge in [-0.1, -0.05) is 13.0 Å². The van der Waals surface area contributed by atoms with Gasteiger partial charge in [-0.2, -0.15) is 0 Å². The predicted octanol–water partition coefficient (Wildman–Crippen LogP) is 2.52. The second-order valence-electron chi connectivity index (χ2n) is 5.55. The topological polar surface area (TPSA) is 29.9 Å². The monoisotopic (exact) mass is 243 g/mol. The van der Waals surface area contributed by atoms with Crippen LogP contribution in [-0.2, 0) is 12.5 Å². The second kappa shape index (κ2) is 4.09. The van der Waals surface area contributed by atoms with Crippen LogP contribution >= 0.6 is 0 Å². The fourth-order valence-corrected chi connectivity index (χ4v) is 3.18. The van der Waals surface area contributed by atoms with E-state index in [1.165, 1.54) is 23.3 Å². The first-order valence-corrected chi connectivity index (χ1v) is 6.80. The maximum Gasteiger partial charge on any atom is 0.117 e. The molecule has 1 atom stereocenters. The first-order chi connectivity index (χ1) is 8.66. The van der Waals surface area contributed by atoms with Crippen LogP contribution in [0.3, 0.4) is 0 Å². The van der Waals surface area contributed by atoms with Gasteiger partial charge in [0.15, 0.2) is 0 Å². The summed E-state index contributed by atoms with van der Waals surface area (Å²) in [5, 5.41) is 3.49. The molecule has 3 nitrogen and oxygen atoms in total. The van der Waals surface area contributed by atoms with Crippen molar-refractivity contribution in [3.8, 4) is 0 Å². The molecule has 1 aromatic carbocycles. The van der Waals surface area contributed by atoms with Crippen molar-refractivity contribution in [2.45, 2.75) is 32.1 Å². The number of rotatable bonds is 2. The quantitative estimate of drug-likeness (QED) is 0.878. The molecule has 0 amide bonds. The minimum atomic E-state index is 0.224. The first-order valence-electron chi connectivity index (χ1n) is 6.80. The molecule has 18 heavy (non-hydrogen) atoms. The SMILES string of the molecule is CCC1(c2nc3cc(C)ccc3n2C)CCNC1. The summed E-state index contributed by atoms with van der Waals surface area (Å²) in [6, 6.07) is 6.54. The van der Waals surface area contributed by atoms with Crippen LogP contribution in [0.25, 0.3) is 11.0 Å². The van der Waals surface area contributed by atoms with Crippen molar-refractivity contribution in [1.82, 2.24) is 14.9 Å². The molecule has 2 aromatic rings. The van der Waals surface area contributed by atoms with Gasteiger partial charge in [0.2, 0.25) is 0 Å². The van der Waals surface area contributed by atoms with Crippen molar-refractivity contribution in [3.05, 3.63) is 29.6 Å². The molecule has 2 heterocycles. The molecule has 0 bridgehead atoms. The summed E-state index contributed by atoms with van der Waals surface area (Å²) < 4.78 is 2.28. The van der Waals surface area contributed by atoms with Crippen LogP contribution in [0.4, 0.5) is 0 Å². The molecule has 1 aliphatic heterocycles. The van der Waals surface area contributed by atoms with Crippen LogP contribution in [0.2, 0.25) is 0 Å². The summed E-state index contributed by atoms with van der Waals surface area (Å²) in [6.07, 6.45) is 2.34. The highest BCUT2D eigenvalue weighted by atomic mass is 15.1. The normalized spacial score (nSPS) is 23.9. The van der Waals surface area contributed by atoms with Crippen LogP contribution in [0, 0.1) is 6.92 Å². The standard InChI is InChI=1S/C15H21N3/c1-4-15(7-8-16-10-15)14-17-12-9-11(2)5-6-13(12)18(14)3/h5-6,9,16H,4,7-8,10H2,1-3H3. The summed E-state index contributed by atoms with van der Waals surface area (Å²) in [7, 11) is 2.15. The third-order valence-electron chi connectivity index (χ3n) is 4.43. The van der Waals surface area contributed by atoms with Gasteiger partial charge < -0.3 is 9.88 Å². The van der Waals surface area contributed by atoms with Gasteiger partial charge in [-0.25, -0.2) is 4.98 Å². The van der Waals surface area contributed by atoms with Crippen molar-refractivity contribution >= 4 is 11.0 Å². The Balaban J connectivity index is 2.20. The van der Waals surface area contributed by atoms with Gasteiger partial charge in [0, 0.05) is 19.0 Å². The van der Waals surface area contributed by atoms with E-state index in [0.717, 1.165) is 25.0 Å². The number of aromatic nitrogens is 2. The Morgan fingerprint density at radius 3 is 2.94 bits per heavy atom. The van der Waals surface area contributed by atoms with Crippen molar-refractivity contribution in [3.63, 3.8) is 0 Å². The molecule has 3 rings (SSSR count). The van der Waals surface area contributed by atoms with Crippen LogP contribution < -0.4 is 5.32 Å². The maximum atomic E-state index is 4.92. The van der Waals surface area contributed by atoms with Crippen molar-refractivity contribution in [2.24, 2.45) is 7.05 Å². The number of hydrogen-bond donors (Lipinski definition) is 1. The van der Waals surface area contributed by atoms with Gasteiger partial charge in [-0.3, -0.25) is 0 Å². The number of nitrogens with zero attached hydrogens (tertiary/aromatic N) is 2. The fraction of sp³-hybridized carbons (Fsp3) is 0.533. The molecule has 0 spiro atoms. The van der Waals surface area contributed by atoms with E-state index in [9.17, 15) is 0 Å². The van der Waals surface area contributed by atoms with E-state index in [2.05, 4.69) is 49.0 Å². The smallest absolute Gasteiger partial charge is 0.117 e. The predicted molar refractivity (Wildman–Crippen MR) is 74.9 cm³/mol. The Kier molecular flexibility index (Phi) is 2.67. The Hall–Kier alpha value is -1.35. The Morgan fingerprint density at radius 1 is 1.44 bits per heavy atom. The van der Waals surface area contributed by atoms with E-state index in [4.69, 9.17) is 4.98 Å². The maximum absolute atomic E-state index is 4.92. The molecular formula is C15H21N3. The van der Waals surface area contributed by atoms with E-state index in [-0.39, 0.29) is 5.41 Å². The van der Waals surface area contributed by atoms with E-state index < -0.39 is 0 Å². The van der Waals surface area contributed by atoms with E-state index in [1.807, 2.05) is 0 Å². The summed E-state index contributed by atoms with van der Waals surface area (Å²) in [6.45, 7) is 6.56. The zero-order valence-electron chi connectivity index (χ0n) is 11.5. The largest absolute Gasteiger partial charge is 0.331 e. The van der Waals surface area contributed by atoms with Crippen LogP contribution in [0.15, 0.2) is 18.2 Å². The van der Waals surface area contributed by atoms with E-state index in [0.29, 0.717) is 0 Å². The van der Waals surface area contributed by atoms with Crippen molar-refractivity contribution in [2.75, 3.05) is 13.1 Å². The number of imidazole rings is 1. The average molecular weight is 243 g/mol. The summed E-state index contributed by atoms with van der Waals surface area (Å²) in [5.74, 6) is 1.25. The van der Waals surface area contributed by atoms with Gasteiger partial charge in [0.05, 0.1) is 11.0 Å². The third kappa shape index (κ3) is 1.57. The molecular weight excluding hydrogens is 222 g/mol. The van der Waals surface area contributed by atoms with Gasteiger partial charge in [0.1, 0.15) is 5.82 Å². The number of nitrogens with one attached hydrogen (secondary N) is 1. The number of benzene rings is 1. The van der Waals surface area contributed by atoms with Gasteiger partial charge >= 0.3 is 0 Å². The lowest BCUT2D eigenvalue weighted by Gasteiger charge is -2.25. The molecule has 3 heteroatoms. The molecule has 96 valence electrons. The summed E-state index contributed by atoms with van der Waals surface area (Å²) in [5.41, 5.74) is 3.88. The molecule has 0 aliphatic carbocycles. The lowest BCUT2D eigenvalue weighted by molar-refractivity contribution is 0.415. The number of hydrogen-bond acceptors (Lipinski definition) is 2. The van der Waals surface area contributed by atoms with Crippen LogP contribution in [0.1, 0.15) is 31.2 Å². The van der Waals surface area contributed by atoms with Gasteiger partial charge in [-0.15, -0.1) is 0 Å². The lowest BCUT2D eigenvalue weighted by Crippen LogP contribution is -2.31. The third-order valence-corrected chi connectivity index (χ3v) is 4.43. The molecule has 1 unspecified atom stereocenters. The van der Waals surface area contributed by atoms with Gasteiger partial charge in [0.25, 0.3) is 0 Å². The Bertz CT molecular complexity index is 577. The Labute approximate surface area is 108 Å². The van der Waals surface area contributed by atoms with Crippen LogP contribution in [-0.4, -0.2) is 22.6 Å². The molecule has 1 aliphatic rings. The number of fused-ring (bicyclic) bond motifs is 1. The molecule has 1 aromatic heterocycles. The second-order valence-corrected chi connectivity index (χ2v) is 5.55. The molecule has 1 fully saturated rings. The zero-order valence-corrected chi connectivity index (χ0v) is 11.5. The minimum Gasteiger partial charge on any atom is -0.331 e. The van der Waals surface area contributed by atoms with Crippen LogP contribution in [0.5, 0.6) is 0 Å². The molecule has 1 N–H and O–H groups in total. The highest BCUT2D eigenvalue weighted by Crippen LogP contribution is 2.34. The average Bonchev–Trinajstić information content (AvgIpc) is 2.95. The van der Waals surface area contributed by atoms with Crippen molar-refractivity contribution in [1.29, 1.82) is 0 Å². The van der Waals surface area contributed by atoms with E-state index in [1.54, 1.807) is 0 Å². The van der Waals surface area contributed by atoms with Gasteiger partial charge in [-0.05, 0) is 44.0 Å². The minimum absolute atomic E-state index is 0.224. The molecule has 0 saturated carbocycles. The zero-order chi connectivity index (χ0) is 12.8. The molecule has 1 saturated heterocycles. The summed E-state index contributed by atoms with van der Waals surface area (Å²) in [4.78, 5) is 4.92. The summed E-state index contributed by atoms with van der Waals surface area (Å²) >= 11 is 0. The molecule has 0 radical (unpaired) electrons. The fourth-order valence-electron chi connectivity index (χ4n) is 3.18. The number of aryl methyl sites for hydroxylation is 2. The van der Waals surface area contributed by atoms with Crippen molar-refractivity contribution < 1.29 is 0 Å². The van der Waals surface area contributed by atoms with E-state index >= 15 is 0 Å². The highest BCUT2D eigenvalue weighted by molar-refractivity contribution is 5.77. The lowest BCUT2D eigenvalue weighted by atomic mass is 9.83. The Morgan fingerprint density at radius 2 is 2.28 bits per heavy atom.